The van der Waals surface area contributed by atoms with E-state index in [4.69, 9.17) is 0 Å². The predicted molar refractivity (Wildman–Crippen MR) is 165 cm³/mol. The van der Waals surface area contributed by atoms with Gasteiger partial charge in [-0.05, 0) is 100.0 Å². The maximum atomic E-state index is 4.13. The first-order valence-electron chi connectivity index (χ1n) is 13.1. The molecule has 0 aliphatic carbocycles. The average Bonchev–Trinajstić information content (AvgIpc) is 2.93. The van der Waals surface area contributed by atoms with Crippen molar-refractivity contribution >= 4 is 40.2 Å². The molecule has 188 valence electrons. The van der Waals surface area contributed by atoms with Gasteiger partial charge < -0.3 is 9.80 Å². The Balaban J connectivity index is 1.72. The van der Waals surface area contributed by atoms with Crippen LogP contribution in [0, 0.1) is 27.7 Å². The van der Waals surface area contributed by atoms with Crippen LogP contribution < -0.4 is 9.80 Å². The van der Waals surface area contributed by atoms with Crippen molar-refractivity contribution in [3.8, 4) is 0 Å². The summed E-state index contributed by atoms with van der Waals surface area (Å²) in [6.07, 6.45) is 1.93. The van der Waals surface area contributed by atoms with Crippen molar-refractivity contribution in [3.63, 3.8) is 0 Å². The van der Waals surface area contributed by atoms with E-state index in [0.29, 0.717) is 0 Å². The molecule has 0 radical (unpaired) electrons. The van der Waals surface area contributed by atoms with E-state index in [-0.39, 0.29) is 0 Å². The first-order chi connectivity index (χ1) is 18.4. The number of nitrogens with zero attached hydrogens (tertiary/aromatic N) is 2. The molecule has 38 heavy (non-hydrogen) atoms. The molecule has 0 amide bonds. The van der Waals surface area contributed by atoms with E-state index in [9.17, 15) is 0 Å². The van der Waals surface area contributed by atoms with Gasteiger partial charge in [-0.2, -0.15) is 0 Å². The van der Waals surface area contributed by atoms with Crippen LogP contribution in [0.15, 0.2) is 122 Å². The molecule has 0 fully saturated rings. The number of aryl methyl sites for hydroxylation is 4. The molecule has 0 atom stereocenters. The van der Waals surface area contributed by atoms with E-state index in [0.717, 1.165) is 39.7 Å². The first kappa shape index (κ1) is 25.1. The van der Waals surface area contributed by atoms with E-state index >= 15 is 0 Å². The summed E-state index contributed by atoms with van der Waals surface area (Å²) in [6.45, 7) is 12.6. The van der Waals surface area contributed by atoms with E-state index in [1.165, 1.54) is 22.3 Å². The van der Waals surface area contributed by atoms with Crippen LogP contribution in [0.3, 0.4) is 0 Å². The molecule has 2 nitrogen and oxygen atoms in total. The zero-order valence-electron chi connectivity index (χ0n) is 22.6. The van der Waals surface area contributed by atoms with Crippen LogP contribution in [-0.2, 0) is 0 Å². The molecule has 0 spiro atoms. The largest absolute Gasteiger partial charge is 0.310 e. The van der Waals surface area contributed by atoms with Gasteiger partial charge in [0.15, 0.2) is 0 Å². The summed E-state index contributed by atoms with van der Waals surface area (Å²) in [5.41, 5.74) is 12.6. The van der Waals surface area contributed by atoms with Gasteiger partial charge in [-0.3, -0.25) is 0 Å². The molecule has 0 aliphatic rings. The van der Waals surface area contributed by atoms with Crippen molar-refractivity contribution in [2.24, 2.45) is 0 Å². The van der Waals surface area contributed by atoms with Gasteiger partial charge in [-0.15, -0.1) is 0 Å². The van der Waals surface area contributed by atoms with Crippen LogP contribution in [0.5, 0.6) is 0 Å². The number of anilines is 6. The molecule has 5 aromatic carbocycles. The fourth-order valence-electron chi connectivity index (χ4n) is 4.66. The second kappa shape index (κ2) is 10.8. The fraction of sp³-hybridized carbons (Fsp3) is 0.111. The smallest absolute Gasteiger partial charge is 0.0488 e. The average molecular weight is 495 g/mol. The quantitative estimate of drug-likeness (QED) is 0.222. The SMILES string of the molecule is C=Cc1cc(N(c2ccc(C)cc2)c2ccc(C)cc2)cc(N(c2ccc(C)cc2)c2ccc(C)cc2)c1. The van der Waals surface area contributed by atoms with Crippen molar-refractivity contribution in [2.75, 3.05) is 9.80 Å². The van der Waals surface area contributed by atoms with Crippen molar-refractivity contribution in [3.05, 3.63) is 150 Å². The van der Waals surface area contributed by atoms with Gasteiger partial charge in [0, 0.05) is 34.1 Å². The summed E-state index contributed by atoms with van der Waals surface area (Å²) >= 11 is 0. The normalized spacial score (nSPS) is 10.7. The third-order valence-electron chi connectivity index (χ3n) is 6.85. The Labute approximate surface area is 227 Å². The zero-order valence-corrected chi connectivity index (χ0v) is 22.6. The summed E-state index contributed by atoms with van der Waals surface area (Å²) in [7, 11) is 0. The fourth-order valence-corrected chi connectivity index (χ4v) is 4.66. The van der Waals surface area contributed by atoms with Gasteiger partial charge in [0.2, 0.25) is 0 Å². The molecule has 0 unspecified atom stereocenters. The summed E-state index contributed by atoms with van der Waals surface area (Å²) in [4.78, 5) is 4.63. The van der Waals surface area contributed by atoms with Gasteiger partial charge in [-0.25, -0.2) is 0 Å². The summed E-state index contributed by atoms with van der Waals surface area (Å²) < 4.78 is 0. The molecule has 0 saturated heterocycles. The highest BCUT2D eigenvalue weighted by Gasteiger charge is 2.18. The lowest BCUT2D eigenvalue weighted by atomic mass is 10.1. The van der Waals surface area contributed by atoms with Gasteiger partial charge in [0.25, 0.3) is 0 Å². The van der Waals surface area contributed by atoms with Crippen LogP contribution >= 0.6 is 0 Å². The summed E-state index contributed by atoms with van der Waals surface area (Å²) in [5, 5.41) is 0. The minimum Gasteiger partial charge on any atom is -0.310 e. The number of hydrogen-bond acceptors (Lipinski definition) is 2. The lowest BCUT2D eigenvalue weighted by Crippen LogP contribution is -2.13. The Morgan fingerprint density at radius 2 is 0.658 bits per heavy atom. The molecular weight excluding hydrogens is 460 g/mol. The Morgan fingerprint density at radius 3 is 0.895 bits per heavy atom. The highest BCUT2D eigenvalue weighted by Crippen LogP contribution is 2.41. The maximum absolute atomic E-state index is 4.13. The Hall–Kier alpha value is -4.56. The predicted octanol–water partition coefficient (Wildman–Crippen LogP) is 10.5. The molecule has 0 saturated carbocycles. The Kier molecular flexibility index (Phi) is 7.15. The molecule has 0 heterocycles. The van der Waals surface area contributed by atoms with Crippen LogP contribution in [0.4, 0.5) is 34.1 Å². The van der Waals surface area contributed by atoms with Crippen molar-refractivity contribution in [2.45, 2.75) is 27.7 Å². The molecule has 0 N–H and O–H groups in total. The molecule has 2 heteroatoms. The third-order valence-corrected chi connectivity index (χ3v) is 6.85. The summed E-state index contributed by atoms with van der Waals surface area (Å²) in [5.74, 6) is 0. The van der Waals surface area contributed by atoms with Crippen molar-refractivity contribution in [1.82, 2.24) is 0 Å². The number of rotatable bonds is 7. The first-order valence-corrected chi connectivity index (χ1v) is 13.1. The maximum Gasteiger partial charge on any atom is 0.0488 e. The standard InChI is InChI=1S/C36H34N2/c1-6-30-23-35(37(31-15-7-26(2)8-16-31)32-17-9-27(3)10-18-32)25-36(24-30)38(33-19-11-28(4)12-20-33)34-21-13-29(5)14-22-34/h6-25H,1H2,2-5H3. The Bertz CT molecular complexity index is 1320. The van der Waals surface area contributed by atoms with E-state index in [1.54, 1.807) is 0 Å². The lowest BCUT2D eigenvalue weighted by Gasteiger charge is -2.30. The van der Waals surface area contributed by atoms with Gasteiger partial charge in [0.1, 0.15) is 0 Å². The van der Waals surface area contributed by atoms with Gasteiger partial charge in [0.05, 0.1) is 0 Å². The number of benzene rings is 5. The van der Waals surface area contributed by atoms with Crippen LogP contribution in [0.25, 0.3) is 6.08 Å². The van der Waals surface area contributed by atoms with E-state index in [2.05, 4.69) is 159 Å². The second-order valence-corrected chi connectivity index (χ2v) is 10.00. The van der Waals surface area contributed by atoms with Crippen LogP contribution in [0.1, 0.15) is 27.8 Å². The van der Waals surface area contributed by atoms with Crippen molar-refractivity contribution in [1.29, 1.82) is 0 Å². The van der Waals surface area contributed by atoms with Crippen LogP contribution in [-0.4, -0.2) is 0 Å². The molecule has 0 aliphatic heterocycles. The third kappa shape index (κ3) is 5.40. The monoisotopic (exact) mass is 494 g/mol. The number of hydrogen-bond donors (Lipinski definition) is 0. The Morgan fingerprint density at radius 1 is 0.395 bits per heavy atom. The second-order valence-electron chi connectivity index (χ2n) is 10.00. The van der Waals surface area contributed by atoms with E-state index in [1.807, 2.05) is 6.08 Å². The molecular formula is C36H34N2. The van der Waals surface area contributed by atoms with Crippen LogP contribution in [0.2, 0.25) is 0 Å². The highest BCUT2D eigenvalue weighted by molar-refractivity contribution is 5.85. The van der Waals surface area contributed by atoms with Gasteiger partial charge in [-0.1, -0.05) is 83.4 Å². The van der Waals surface area contributed by atoms with Crippen molar-refractivity contribution < 1.29 is 0 Å². The molecule has 0 bridgehead atoms. The lowest BCUT2D eigenvalue weighted by molar-refractivity contribution is 1.23. The minimum absolute atomic E-state index is 1.06. The van der Waals surface area contributed by atoms with Gasteiger partial charge >= 0.3 is 0 Å². The highest BCUT2D eigenvalue weighted by atomic mass is 15.2. The molecule has 5 rings (SSSR count). The zero-order chi connectivity index (χ0) is 26.6. The summed E-state index contributed by atoms with van der Waals surface area (Å²) in [6, 6.07) is 41.5. The minimum atomic E-state index is 1.06. The molecule has 0 aromatic heterocycles. The topological polar surface area (TPSA) is 6.48 Å². The van der Waals surface area contributed by atoms with E-state index < -0.39 is 0 Å². The molecule has 5 aromatic rings.